The Morgan fingerprint density at radius 1 is 1.38 bits per heavy atom. The van der Waals surface area contributed by atoms with Crippen molar-refractivity contribution in [2.24, 2.45) is 11.7 Å². The Bertz CT molecular complexity index is 1050. The van der Waals surface area contributed by atoms with Crippen molar-refractivity contribution in [2.75, 3.05) is 32.5 Å². The third kappa shape index (κ3) is 6.02. The summed E-state index contributed by atoms with van der Waals surface area (Å²) in [6, 6.07) is 7.27. The lowest BCUT2D eigenvalue weighted by Crippen LogP contribution is -2.48. The average Bonchev–Trinajstić information content (AvgIpc) is 3.21. The number of hydrogen-bond donors (Lipinski definition) is 3. The Kier molecular flexibility index (Phi) is 8.07. The van der Waals surface area contributed by atoms with Crippen LogP contribution in [0.2, 0.25) is 0 Å². The fourth-order valence-corrected chi connectivity index (χ4v) is 4.44. The van der Waals surface area contributed by atoms with Crippen molar-refractivity contribution in [1.82, 2.24) is 19.6 Å². The van der Waals surface area contributed by atoms with Crippen molar-refractivity contribution in [2.45, 2.75) is 37.8 Å². The number of amides is 2. The molecule has 3 unspecified atom stereocenters. The monoisotopic (exact) mass is 471 g/mol. The molecule has 0 spiro atoms. The van der Waals surface area contributed by atoms with Gasteiger partial charge in [-0.1, -0.05) is 0 Å². The number of nitrogens with zero attached hydrogens (tertiary/aromatic N) is 5. The quantitative estimate of drug-likeness (QED) is 0.510. The molecule has 0 saturated carbocycles. The average molecular weight is 472 g/mol. The molecule has 0 bridgehead atoms. The number of halogens is 1. The minimum atomic E-state index is -0.945. The number of anilines is 2. The molecular formula is C23H30FN7O3. The number of nitrogens with two attached hydrogens (primary N) is 1. The molecule has 0 radical (unpaired) electrons. The number of nitrogens with one attached hydrogen (secondary N) is 1. The molecule has 1 fully saturated rings. The Morgan fingerprint density at radius 2 is 2.09 bits per heavy atom. The molecule has 1 saturated heterocycles. The number of hydrogen-bond acceptors (Lipinski definition) is 6. The molecule has 3 atom stereocenters. The maximum absolute atomic E-state index is 13.2. The summed E-state index contributed by atoms with van der Waals surface area (Å²) in [5.41, 5.74) is 6.25. The maximum atomic E-state index is 13.2. The van der Waals surface area contributed by atoms with E-state index in [0.717, 1.165) is 6.54 Å². The van der Waals surface area contributed by atoms with Crippen molar-refractivity contribution < 1.29 is 19.1 Å². The second kappa shape index (κ2) is 11.0. The van der Waals surface area contributed by atoms with Gasteiger partial charge in [0.2, 0.25) is 0 Å². The predicted octanol–water partition coefficient (Wildman–Crippen LogP) is 3.03. The predicted molar refractivity (Wildman–Crippen MR) is 124 cm³/mol. The van der Waals surface area contributed by atoms with Crippen LogP contribution in [-0.4, -0.2) is 69.9 Å². The first-order valence-corrected chi connectivity index (χ1v) is 11.1. The standard InChI is InChI=1S/C23H30FN7O3/c1-29(2)11-9-18-13-15(8-12-30(18)23(33)34)20(7-10-25)31-14-19(21(26)32)22(28-31)27-17-5-3-16(24)4-6-17/h3-6,14-15,18,20H,7-9,11-13H2,1-2H3,(H2,26,32)(H,27,28)(H,33,34). The van der Waals surface area contributed by atoms with Crippen LogP contribution < -0.4 is 11.1 Å². The van der Waals surface area contributed by atoms with E-state index >= 15 is 0 Å². The molecule has 11 heteroatoms. The zero-order valence-electron chi connectivity index (χ0n) is 19.3. The van der Waals surface area contributed by atoms with Crippen LogP contribution in [0.15, 0.2) is 30.5 Å². The third-order valence-electron chi connectivity index (χ3n) is 6.20. The summed E-state index contributed by atoms with van der Waals surface area (Å²) < 4.78 is 14.8. The number of carboxylic acid groups (broad SMARTS) is 1. The normalized spacial score (nSPS) is 19.0. The molecule has 2 aromatic rings. The van der Waals surface area contributed by atoms with Crippen LogP contribution >= 0.6 is 0 Å². The van der Waals surface area contributed by atoms with E-state index in [2.05, 4.69) is 16.5 Å². The van der Waals surface area contributed by atoms with Gasteiger partial charge in [0, 0.05) is 24.5 Å². The van der Waals surface area contributed by atoms with Gasteiger partial charge in [0.05, 0.1) is 18.5 Å². The zero-order chi connectivity index (χ0) is 24.8. The van der Waals surface area contributed by atoms with Gasteiger partial charge in [-0.25, -0.2) is 9.18 Å². The fourth-order valence-electron chi connectivity index (χ4n) is 4.44. The van der Waals surface area contributed by atoms with Gasteiger partial charge in [0.25, 0.3) is 5.91 Å². The number of aromatic nitrogens is 2. The van der Waals surface area contributed by atoms with Gasteiger partial charge in [0.1, 0.15) is 11.4 Å². The Hall–Kier alpha value is -3.65. The van der Waals surface area contributed by atoms with Crippen LogP contribution in [0.1, 0.15) is 42.1 Å². The smallest absolute Gasteiger partial charge is 0.407 e. The first-order chi connectivity index (χ1) is 16.2. The minimum absolute atomic E-state index is 0.0123. The molecule has 182 valence electrons. The van der Waals surface area contributed by atoms with E-state index in [1.54, 1.807) is 4.68 Å². The van der Waals surface area contributed by atoms with Crippen LogP contribution in [0.25, 0.3) is 0 Å². The first kappa shape index (κ1) is 25.0. The van der Waals surface area contributed by atoms with E-state index in [-0.39, 0.29) is 35.8 Å². The summed E-state index contributed by atoms with van der Waals surface area (Å²) in [4.78, 5) is 27.3. The number of nitriles is 1. The SMILES string of the molecule is CN(C)CCC1CC(C(CC#N)n2cc(C(N)=O)c(Nc3ccc(F)cc3)n2)CCN1C(=O)O. The van der Waals surface area contributed by atoms with Crippen LogP contribution in [0, 0.1) is 23.1 Å². The summed E-state index contributed by atoms with van der Waals surface area (Å²) in [6.45, 7) is 1.11. The van der Waals surface area contributed by atoms with E-state index in [1.807, 2.05) is 19.0 Å². The topological polar surface area (TPSA) is 141 Å². The molecule has 1 aromatic heterocycles. The van der Waals surface area contributed by atoms with Crippen LogP contribution in [0.4, 0.5) is 20.7 Å². The lowest BCUT2D eigenvalue weighted by atomic mass is 9.83. The number of rotatable bonds is 9. The zero-order valence-corrected chi connectivity index (χ0v) is 19.3. The highest BCUT2D eigenvalue weighted by Gasteiger charge is 2.36. The third-order valence-corrected chi connectivity index (χ3v) is 6.20. The van der Waals surface area contributed by atoms with Gasteiger partial charge < -0.3 is 26.0 Å². The Balaban J connectivity index is 1.87. The van der Waals surface area contributed by atoms with Crippen LogP contribution in [0.3, 0.4) is 0 Å². The van der Waals surface area contributed by atoms with Crippen molar-refractivity contribution in [3.8, 4) is 6.07 Å². The molecule has 2 heterocycles. The highest BCUT2D eigenvalue weighted by Crippen LogP contribution is 2.36. The number of likely N-dealkylation sites (tertiary alicyclic amines) is 1. The lowest BCUT2D eigenvalue weighted by molar-refractivity contribution is 0.0686. The van der Waals surface area contributed by atoms with Crippen molar-refractivity contribution in [3.63, 3.8) is 0 Å². The van der Waals surface area contributed by atoms with Crippen molar-refractivity contribution in [3.05, 3.63) is 41.8 Å². The van der Waals surface area contributed by atoms with E-state index in [1.165, 1.54) is 35.4 Å². The van der Waals surface area contributed by atoms with Gasteiger partial charge in [-0.15, -0.1) is 0 Å². The summed E-state index contributed by atoms with van der Waals surface area (Å²) in [5.74, 6) is -0.871. The van der Waals surface area contributed by atoms with E-state index in [0.29, 0.717) is 31.5 Å². The summed E-state index contributed by atoms with van der Waals surface area (Å²) in [6.07, 6.45) is 2.56. The Morgan fingerprint density at radius 3 is 2.68 bits per heavy atom. The van der Waals surface area contributed by atoms with Gasteiger partial charge in [-0.2, -0.15) is 10.4 Å². The number of benzene rings is 1. The van der Waals surface area contributed by atoms with Crippen LogP contribution in [0.5, 0.6) is 0 Å². The first-order valence-electron chi connectivity index (χ1n) is 11.1. The lowest BCUT2D eigenvalue weighted by Gasteiger charge is -2.40. The van der Waals surface area contributed by atoms with Gasteiger partial charge in [0.15, 0.2) is 5.82 Å². The number of primary amides is 1. The molecular weight excluding hydrogens is 441 g/mol. The fraction of sp³-hybridized carbons (Fsp3) is 0.478. The molecule has 1 aromatic carbocycles. The molecule has 34 heavy (non-hydrogen) atoms. The molecule has 4 N–H and O–H groups in total. The summed E-state index contributed by atoms with van der Waals surface area (Å²) in [7, 11) is 3.88. The van der Waals surface area contributed by atoms with E-state index in [4.69, 9.17) is 5.73 Å². The largest absolute Gasteiger partial charge is 0.465 e. The molecule has 2 amide bonds. The number of carbonyl (C=O) groups is 2. The maximum Gasteiger partial charge on any atom is 0.407 e. The molecule has 1 aliphatic heterocycles. The minimum Gasteiger partial charge on any atom is -0.465 e. The molecule has 1 aliphatic rings. The highest BCUT2D eigenvalue weighted by atomic mass is 19.1. The number of carbonyl (C=O) groups excluding carboxylic acids is 1. The van der Waals surface area contributed by atoms with Gasteiger partial charge in [-0.3, -0.25) is 9.48 Å². The number of piperidine rings is 1. The van der Waals surface area contributed by atoms with E-state index in [9.17, 15) is 24.3 Å². The molecule has 10 nitrogen and oxygen atoms in total. The van der Waals surface area contributed by atoms with Crippen LogP contribution in [-0.2, 0) is 0 Å². The second-order valence-electron chi connectivity index (χ2n) is 8.80. The highest BCUT2D eigenvalue weighted by molar-refractivity contribution is 5.98. The van der Waals surface area contributed by atoms with Gasteiger partial charge in [-0.05, 0) is 70.1 Å². The Labute approximate surface area is 197 Å². The van der Waals surface area contributed by atoms with Gasteiger partial charge >= 0.3 is 6.09 Å². The second-order valence-corrected chi connectivity index (χ2v) is 8.80. The van der Waals surface area contributed by atoms with Crippen molar-refractivity contribution >= 4 is 23.5 Å². The molecule has 3 rings (SSSR count). The van der Waals surface area contributed by atoms with E-state index < -0.39 is 17.8 Å². The summed E-state index contributed by atoms with van der Waals surface area (Å²) in [5, 5.41) is 26.7. The summed E-state index contributed by atoms with van der Waals surface area (Å²) >= 11 is 0. The molecule has 0 aliphatic carbocycles. The van der Waals surface area contributed by atoms with Crippen molar-refractivity contribution in [1.29, 1.82) is 5.26 Å².